The SMILES string of the molecule is Cn1c(=O)n(-c2ccc(OCc3ccccc3)nc2OCc2ccccc2)c2cccc(OC3CCN(C(=O)OC(C)(C)C)CC3)c21. The van der Waals surface area contributed by atoms with Gasteiger partial charge in [-0.1, -0.05) is 66.7 Å². The van der Waals surface area contributed by atoms with Gasteiger partial charge in [-0.2, -0.15) is 4.98 Å². The fourth-order valence-electron chi connectivity index (χ4n) is 5.60. The van der Waals surface area contributed by atoms with E-state index in [1.807, 2.05) is 99.6 Å². The molecule has 10 heteroatoms. The fourth-order valence-corrected chi connectivity index (χ4v) is 5.60. The molecule has 0 unspecified atom stereocenters. The first-order valence-corrected chi connectivity index (χ1v) is 15.9. The summed E-state index contributed by atoms with van der Waals surface area (Å²) in [6.45, 7) is 7.25. The molecule has 47 heavy (non-hydrogen) atoms. The molecule has 0 atom stereocenters. The third-order valence-corrected chi connectivity index (χ3v) is 7.92. The zero-order valence-corrected chi connectivity index (χ0v) is 27.2. The van der Waals surface area contributed by atoms with E-state index >= 15 is 0 Å². The minimum absolute atomic E-state index is 0.120. The minimum atomic E-state index is -0.546. The predicted molar refractivity (Wildman–Crippen MR) is 179 cm³/mol. The van der Waals surface area contributed by atoms with Gasteiger partial charge in [-0.15, -0.1) is 0 Å². The molecule has 3 heterocycles. The molecule has 0 aliphatic carbocycles. The topological polar surface area (TPSA) is 97.0 Å². The van der Waals surface area contributed by atoms with Crippen molar-refractivity contribution in [1.29, 1.82) is 0 Å². The number of imidazole rings is 1. The molecule has 3 aromatic carbocycles. The lowest BCUT2D eigenvalue weighted by atomic mass is 10.1. The number of hydrogen-bond acceptors (Lipinski definition) is 7. The average molecular weight is 637 g/mol. The van der Waals surface area contributed by atoms with E-state index in [0.29, 0.717) is 60.9 Å². The van der Waals surface area contributed by atoms with Crippen LogP contribution in [0.25, 0.3) is 16.7 Å². The van der Waals surface area contributed by atoms with Crippen molar-refractivity contribution in [2.75, 3.05) is 13.1 Å². The molecule has 6 rings (SSSR count). The van der Waals surface area contributed by atoms with Gasteiger partial charge >= 0.3 is 11.8 Å². The summed E-state index contributed by atoms with van der Waals surface area (Å²) in [5.74, 6) is 1.25. The molecule has 0 bridgehead atoms. The molecule has 1 amide bonds. The van der Waals surface area contributed by atoms with Gasteiger partial charge in [0.1, 0.15) is 41.9 Å². The molecule has 1 aliphatic rings. The maximum absolute atomic E-state index is 13.9. The van der Waals surface area contributed by atoms with E-state index in [4.69, 9.17) is 23.9 Å². The first-order chi connectivity index (χ1) is 22.7. The number of amides is 1. The Morgan fingerprint density at radius 1 is 0.830 bits per heavy atom. The van der Waals surface area contributed by atoms with Gasteiger partial charge in [-0.3, -0.25) is 9.13 Å². The number of carbonyl (C=O) groups excluding carboxylic acids is 1. The molecule has 0 radical (unpaired) electrons. The van der Waals surface area contributed by atoms with Crippen LogP contribution >= 0.6 is 0 Å². The fraction of sp³-hybridized carbons (Fsp3) is 0.324. The first kappa shape index (κ1) is 31.7. The number of aromatic nitrogens is 3. The second-order valence-electron chi connectivity index (χ2n) is 12.6. The second kappa shape index (κ2) is 13.6. The van der Waals surface area contributed by atoms with Crippen LogP contribution in [-0.2, 0) is 25.0 Å². The van der Waals surface area contributed by atoms with E-state index in [-0.39, 0.29) is 30.4 Å². The zero-order valence-electron chi connectivity index (χ0n) is 27.2. The number of pyridine rings is 1. The van der Waals surface area contributed by atoms with Crippen LogP contribution in [0.1, 0.15) is 44.7 Å². The first-order valence-electron chi connectivity index (χ1n) is 15.9. The van der Waals surface area contributed by atoms with E-state index in [9.17, 15) is 9.59 Å². The third kappa shape index (κ3) is 7.43. The Kier molecular flexibility index (Phi) is 9.19. The van der Waals surface area contributed by atoms with Crippen molar-refractivity contribution >= 4 is 17.1 Å². The Morgan fingerprint density at radius 2 is 1.47 bits per heavy atom. The van der Waals surface area contributed by atoms with Gasteiger partial charge in [0.2, 0.25) is 11.8 Å². The van der Waals surface area contributed by atoms with Gasteiger partial charge in [0, 0.05) is 39.0 Å². The number of hydrogen-bond donors (Lipinski definition) is 0. The van der Waals surface area contributed by atoms with Gasteiger partial charge in [-0.05, 0) is 50.1 Å². The number of aryl methyl sites for hydroxylation is 1. The smallest absolute Gasteiger partial charge is 0.410 e. The van der Waals surface area contributed by atoms with Crippen LogP contribution in [0.5, 0.6) is 17.5 Å². The average Bonchev–Trinajstić information content (AvgIpc) is 3.33. The molecule has 0 saturated carbocycles. The monoisotopic (exact) mass is 636 g/mol. The van der Waals surface area contributed by atoms with Crippen molar-refractivity contribution in [3.63, 3.8) is 0 Å². The number of benzene rings is 3. The highest BCUT2D eigenvalue weighted by Gasteiger charge is 2.29. The Balaban J connectivity index is 1.28. The van der Waals surface area contributed by atoms with Crippen molar-refractivity contribution in [2.45, 2.75) is 58.5 Å². The van der Waals surface area contributed by atoms with Crippen molar-refractivity contribution < 1.29 is 23.7 Å². The maximum Gasteiger partial charge on any atom is 0.410 e. The van der Waals surface area contributed by atoms with E-state index in [0.717, 1.165) is 11.1 Å². The number of para-hydroxylation sites is 1. The van der Waals surface area contributed by atoms with Crippen LogP contribution < -0.4 is 19.9 Å². The maximum atomic E-state index is 13.9. The van der Waals surface area contributed by atoms with E-state index in [1.165, 1.54) is 0 Å². The van der Waals surface area contributed by atoms with Crippen LogP contribution in [-0.4, -0.2) is 49.9 Å². The quantitative estimate of drug-likeness (QED) is 0.179. The minimum Gasteiger partial charge on any atom is -0.488 e. The van der Waals surface area contributed by atoms with Gasteiger partial charge in [0.05, 0.1) is 5.52 Å². The van der Waals surface area contributed by atoms with Crippen molar-refractivity contribution in [3.05, 3.63) is 113 Å². The molecule has 244 valence electrons. The summed E-state index contributed by atoms with van der Waals surface area (Å²) < 4.78 is 27.5. The highest BCUT2D eigenvalue weighted by atomic mass is 16.6. The van der Waals surface area contributed by atoms with Gasteiger partial charge < -0.3 is 23.8 Å². The number of rotatable bonds is 9. The zero-order chi connectivity index (χ0) is 33.0. The Morgan fingerprint density at radius 3 is 2.11 bits per heavy atom. The number of piperidine rings is 1. The van der Waals surface area contributed by atoms with Crippen molar-refractivity contribution in [1.82, 2.24) is 19.0 Å². The Hall–Kier alpha value is -5.25. The third-order valence-electron chi connectivity index (χ3n) is 7.92. The highest BCUT2D eigenvalue weighted by Crippen LogP contribution is 2.32. The van der Waals surface area contributed by atoms with E-state index in [1.54, 1.807) is 33.2 Å². The summed E-state index contributed by atoms with van der Waals surface area (Å²) in [5.41, 5.74) is 2.98. The highest BCUT2D eigenvalue weighted by molar-refractivity contribution is 5.84. The molecule has 5 aromatic rings. The van der Waals surface area contributed by atoms with Gasteiger partial charge in [-0.25, -0.2) is 9.59 Å². The predicted octanol–water partition coefficient (Wildman–Crippen LogP) is 6.66. The van der Waals surface area contributed by atoms with Crippen molar-refractivity contribution in [3.8, 4) is 23.2 Å². The number of likely N-dealkylation sites (tertiary alicyclic amines) is 1. The normalized spacial score (nSPS) is 13.8. The number of carbonyl (C=O) groups is 1. The van der Waals surface area contributed by atoms with Gasteiger partial charge in [0.15, 0.2) is 0 Å². The molecule has 2 aromatic heterocycles. The lowest BCUT2D eigenvalue weighted by Gasteiger charge is -2.33. The van der Waals surface area contributed by atoms with Gasteiger partial charge in [0.25, 0.3) is 0 Å². The summed E-state index contributed by atoms with van der Waals surface area (Å²) in [6.07, 6.45) is 0.866. The summed E-state index contributed by atoms with van der Waals surface area (Å²) in [7, 11) is 1.73. The second-order valence-corrected chi connectivity index (χ2v) is 12.6. The number of nitrogens with zero attached hydrogens (tertiary/aromatic N) is 4. The standard InChI is InChI=1S/C37H40N4O6/c1-37(2,3)47-36(43)40-22-20-28(21-23-40)46-31-17-11-16-29-33(31)39(4)35(42)41(29)30-18-19-32(44-24-26-12-7-5-8-13-26)38-34(30)45-25-27-14-9-6-10-15-27/h5-19,28H,20-25H2,1-4H3. The Bertz CT molecular complexity index is 1890. The van der Waals surface area contributed by atoms with Crippen LogP contribution in [0.3, 0.4) is 0 Å². The molecule has 0 spiro atoms. The van der Waals surface area contributed by atoms with E-state index < -0.39 is 5.60 Å². The van der Waals surface area contributed by atoms with Crippen molar-refractivity contribution in [2.24, 2.45) is 7.05 Å². The van der Waals surface area contributed by atoms with E-state index in [2.05, 4.69) is 0 Å². The summed E-state index contributed by atoms with van der Waals surface area (Å²) in [4.78, 5) is 32.9. The summed E-state index contributed by atoms with van der Waals surface area (Å²) in [5, 5.41) is 0. The molecule has 10 nitrogen and oxygen atoms in total. The lowest BCUT2D eigenvalue weighted by Crippen LogP contribution is -2.44. The largest absolute Gasteiger partial charge is 0.488 e. The summed E-state index contributed by atoms with van der Waals surface area (Å²) >= 11 is 0. The van der Waals surface area contributed by atoms with Crippen LogP contribution in [0, 0.1) is 0 Å². The Labute approximate surface area is 274 Å². The molecule has 1 aliphatic heterocycles. The molecule has 1 fully saturated rings. The lowest BCUT2D eigenvalue weighted by molar-refractivity contribution is 0.0127. The van der Waals surface area contributed by atoms with Crippen LogP contribution in [0.2, 0.25) is 0 Å². The van der Waals surface area contributed by atoms with Crippen LogP contribution in [0.15, 0.2) is 95.8 Å². The van der Waals surface area contributed by atoms with Crippen LogP contribution in [0.4, 0.5) is 4.79 Å². The number of fused-ring (bicyclic) bond motifs is 1. The summed E-state index contributed by atoms with van der Waals surface area (Å²) in [6, 6.07) is 28.8. The molecular weight excluding hydrogens is 596 g/mol. The molecular formula is C37H40N4O6. The number of ether oxygens (including phenoxy) is 4. The molecule has 0 N–H and O–H groups in total. The molecule has 1 saturated heterocycles.